The van der Waals surface area contributed by atoms with Crippen LogP contribution in [0.3, 0.4) is 0 Å². The lowest BCUT2D eigenvalue weighted by molar-refractivity contribution is -0.122. The Kier molecular flexibility index (Phi) is 4.30. The number of nitrogens with one attached hydrogen (secondary N) is 1. The summed E-state index contributed by atoms with van der Waals surface area (Å²) in [6.07, 6.45) is 0.518. The van der Waals surface area contributed by atoms with Crippen LogP contribution in [0.2, 0.25) is 0 Å². The maximum atomic E-state index is 11.8. The molecule has 0 radical (unpaired) electrons. The molecular weight excluding hydrogens is 242 g/mol. The summed E-state index contributed by atoms with van der Waals surface area (Å²) in [6.45, 7) is 2.14. The molecule has 1 aromatic heterocycles. The third-order valence-corrected chi connectivity index (χ3v) is 2.76. The summed E-state index contributed by atoms with van der Waals surface area (Å²) in [4.78, 5) is 11.8. The van der Waals surface area contributed by atoms with Crippen LogP contribution in [0.25, 0.3) is 0 Å². The quantitative estimate of drug-likeness (QED) is 0.844. The number of benzene rings is 1. The van der Waals surface area contributed by atoms with Crippen LogP contribution >= 0.6 is 0 Å². The molecule has 0 aliphatic heterocycles. The fourth-order valence-corrected chi connectivity index (χ4v) is 1.77. The van der Waals surface area contributed by atoms with Gasteiger partial charge in [-0.3, -0.25) is 4.79 Å². The lowest BCUT2D eigenvalue weighted by Crippen LogP contribution is -2.41. The summed E-state index contributed by atoms with van der Waals surface area (Å²) in [5.41, 5.74) is 7.60. The normalized spacial score (nSPS) is 12.1. The zero-order chi connectivity index (χ0) is 13.7. The molecule has 0 bridgehead atoms. The second-order valence-corrected chi connectivity index (χ2v) is 4.44. The predicted molar refractivity (Wildman–Crippen MR) is 71.2 cm³/mol. The molecular formula is C14H17N3O2. The number of hydrogen-bond donors (Lipinski definition) is 2. The van der Waals surface area contributed by atoms with Crippen LogP contribution < -0.4 is 11.1 Å². The molecule has 0 saturated heterocycles. The molecule has 1 aromatic carbocycles. The SMILES string of the molecule is Cc1cc(CNC(=O)[C@H](N)Cc2ccccc2)no1. The van der Waals surface area contributed by atoms with Gasteiger partial charge >= 0.3 is 0 Å². The third-order valence-electron chi connectivity index (χ3n) is 2.76. The predicted octanol–water partition coefficient (Wildman–Crippen LogP) is 1.17. The van der Waals surface area contributed by atoms with Crippen LogP contribution in [0, 0.1) is 6.92 Å². The molecule has 0 aliphatic rings. The standard InChI is InChI=1S/C14H17N3O2/c1-10-7-12(17-19-10)9-16-14(18)13(15)8-11-5-3-2-4-6-11/h2-7,13H,8-9,15H2,1H3,(H,16,18)/t13-/m1/s1. The first kappa shape index (κ1) is 13.3. The number of carbonyl (C=O) groups is 1. The summed E-state index contributed by atoms with van der Waals surface area (Å²) >= 11 is 0. The van der Waals surface area contributed by atoms with Crippen molar-refractivity contribution in [2.45, 2.75) is 25.9 Å². The Hall–Kier alpha value is -2.14. The van der Waals surface area contributed by atoms with Gasteiger partial charge in [-0.1, -0.05) is 35.5 Å². The summed E-state index contributed by atoms with van der Waals surface area (Å²) in [5.74, 6) is 0.530. The van der Waals surface area contributed by atoms with Crippen LogP contribution in [0.1, 0.15) is 17.0 Å². The van der Waals surface area contributed by atoms with Gasteiger partial charge in [0, 0.05) is 6.07 Å². The maximum Gasteiger partial charge on any atom is 0.237 e. The van der Waals surface area contributed by atoms with Gasteiger partial charge < -0.3 is 15.6 Å². The van der Waals surface area contributed by atoms with Gasteiger partial charge in [-0.25, -0.2) is 0 Å². The van der Waals surface area contributed by atoms with Crippen molar-refractivity contribution in [1.82, 2.24) is 10.5 Å². The molecule has 1 amide bonds. The zero-order valence-electron chi connectivity index (χ0n) is 10.8. The number of nitrogens with two attached hydrogens (primary N) is 1. The molecule has 2 aromatic rings. The average Bonchev–Trinajstić information content (AvgIpc) is 2.83. The van der Waals surface area contributed by atoms with Crippen molar-refractivity contribution >= 4 is 5.91 Å². The van der Waals surface area contributed by atoms with Crippen molar-refractivity contribution in [3.05, 3.63) is 53.4 Å². The Bertz CT molecular complexity index is 537. The Morgan fingerprint density at radius 3 is 2.79 bits per heavy atom. The number of aromatic nitrogens is 1. The van der Waals surface area contributed by atoms with Crippen molar-refractivity contribution in [2.75, 3.05) is 0 Å². The van der Waals surface area contributed by atoms with Crippen molar-refractivity contribution in [1.29, 1.82) is 0 Å². The van der Waals surface area contributed by atoms with E-state index < -0.39 is 6.04 Å². The van der Waals surface area contributed by atoms with Gasteiger partial charge in [0.2, 0.25) is 5.91 Å². The monoisotopic (exact) mass is 259 g/mol. The number of rotatable bonds is 5. The number of amides is 1. The van der Waals surface area contributed by atoms with Crippen LogP contribution in [0.15, 0.2) is 40.9 Å². The lowest BCUT2D eigenvalue weighted by Gasteiger charge is -2.11. The average molecular weight is 259 g/mol. The molecule has 0 saturated carbocycles. The minimum Gasteiger partial charge on any atom is -0.361 e. The highest BCUT2D eigenvalue weighted by Gasteiger charge is 2.14. The van der Waals surface area contributed by atoms with E-state index in [9.17, 15) is 4.79 Å². The highest BCUT2D eigenvalue weighted by atomic mass is 16.5. The van der Waals surface area contributed by atoms with Crippen LogP contribution in [-0.4, -0.2) is 17.1 Å². The number of carbonyl (C=O) groups excluding carboxylic acids is 1. The minimum atomic E-state index is -0.560. The zero-order valence-corrected chi connectivity index (χ0v) is 10.8. The van der Waals surface area contributed by atoms with Crippen molar-refractivity contribution in [2.24, 2.45) is 5.73 Å². The van der Waals surface area contributed by atoms with Gasteiger partial charge in [-0.15, -0.1) is 0 Å². The van der Waals surface area contributed by atoms with E-state index in [1.807, 2.05) is 30.3 Å². The smallest absolute Gasteiger partial charge is 0.237 e. The summed E-state index contributed by atoms with van der Waals surface area (Å²) in [5, 5.41) is 6.55. The molecule has 1 atom stereocenters. The molecule has 100 valence electrons. The van der Waals surface area contributed by atoms with Gasteiger partial charge in [0.05, 0.1) is 12.6 Å². The first-order valence-corrected chi connectivity index (χ1v) is 6.14. The highest BCUT2D eigenvalue weighted by molar-refractivity contribution is 5.81. The van der Waals surface area contributed by atoms with Gasteiger partial charge in [-0.2, -0.15) is 0 Å². The van der Waals surface area contributed by atoms with Gasteiger partial charge in [-0.05, 0) is 18.9 Å². The highest BCUT2D eigenvalue weighted by Crippen LogP contribution is 2.03. The van der Waals surface area contributed by atoms with E-state index in [-0.39, 0.29) is 5.91 Å². The topological polar surface area (TPSA) is 81.2 Å². The Morgan fingerprint density at radius 1 is 1.42 bits per heavy atom. The summed E-state index contributed by atoms with van der Waals surface area (Å²) < 4.78 is 4.92. The number of aryl methyl sites for hydroxylation is 1. The minimum absolute atomic E-state index is 0.190. The van der Waals surface area contributed by atoms with Crippen LogP contribution in [0.5, 0.6) is 0 Å². The van der Waals surface area contributed by atoms with E-state index >= 15 is 0 Å². The number of nitrogens with zero attached hydrogens (tertiary/aromatic N) is 1. The van der Waals surface area contributed by atoms with E-state index in [0.717, 1.165) is 11.3 Å². The Balaban J connectivity index is 1.82. The van der Waals surface area contributed by atoms with Crippen LogP contribution in [-0.2, 0) is 17.8 Å². The molecule has 3 N–H and O–H groups in total. The second-order valence-electron chi connectivity index (χ2n) is 4.44. The summed E-state index contributed by atoms with van der Waals surface area (Å²) in [6, 6.07) is 10.9. The van der Waals surface area contributed by atoms with E-state index in [1.54, 1.807) is 13.0 Å². The Labute approximate surface area is 111 Å². The maximum absolute atomic E-state index is 11.8. The van der Waals surface area contributed by atoms with E-state index in [4.69, 9.17) is 10.3 Å². The molecule has 5 nitrogen and oxygen atoms in total. The van der Waals surface area contributed by atoms with E-state index in [2.05, 4.69) is 10.5 Å². The molecule has 0 spiro atoms. The van der Waals surface area contributed by atoms with Crippen molar-refractivity contribution < 1.29 is 9.32 Å². The molecule has 0 unspecified atom stereocenters. The van der Waals surface area contributed by atoms with Gasteiger partial charge in [0.15, 0.2) is 0 Å². The fraction of sp³-hybridized carbons (Fsp3) is 0.286. The van der Waals surface area contributed by atoms with Crippen LogP contribution in [0.4, 0.5) is 0 Å². The number of hydrogen-bond acceptors (Lipinski definition) is 4. The second kappa shape index (κ2) is 6.15. The van der Waals surface area contributed by atoms with E-state index in [1.165, 1.54) is 0 Å². The van der Waals surface area contributed by atoms with Gasteiger partial charge in [0.1, 0.15) is 11.5 Å². The van der Waals surface area contributed by atoms with E-state index in [0.29, 0.717) is 18.7 Å². The van der Waals surface area contributed by atoms with Crippen molar-refractivity contribution in [3.63, 3.8) is 0 Å². The first-order chi connectivity index (χ1) is 9.15. The third kappa shape index (κ3) is 3.93. The molecule has 19 heavy (non-hydrogen) atoms. The largest absolute Gasteiger partial charge is 0.361 e. The molecule has 2 rings (SSSR count). The summed E-state index contributed by atoms with van der Waals surface area (Å²) in [7, 11) is 0. The lowest BCUT2D eigenvalue weighted by atomic mass is 10.1. The van der Waals surface area contributed by atoms with Gasteiger partial charge in [0.25, 0.3) is 0 Å². The fourth-order valence-electron chi connectivity index (χ4n) is 1.77. The first-order valence-electron chi connectivity index (χ1n) is 6.14. The molecule has 1 heterocycles. The Morgan fingerprint density at radius 2 is 2.16 bits per heavy atom. The molecule has 0 aliphatic carbocycles. The molecule has 0 fully saturated rings. The molecule has 5 heteroatoms. The van der Waals surface area contributed by atoms with Crippen molar-refractivity contribution in [3.8, 4) is 0 Å².